The van der Waals surface area contributed by atoms with Crippen LogP contribution in [-0.4, -0.2) is 18.4 Å². The highest BCUT2D eigenvalue weighted by molar-refractivity contribution is 5.86. The minimum atomic E-state index is -0.465. The molecule has 0 saturated heterocycles. The molecule has 6 unspecified atom stereocenters. The van der Waals surface area contributed by atoms with E-state index >= 15 is 0 Å². The van der Waals surface area contributed by atoms with E-state index in [1.807, 2.05) is 12.5 Å². The molecule has 0 spiro atoms. The number of allylic oxidation sites excluding steroid dienone is 2. The van der Waals surface area contributed by atoms with Crippen molar-refractivity contribution in [1.29, 1.82) is 0 Å². The van der Waals surface area contributed by atoms with E-state index in [2.05, 4.69) is 6.58 Å². The fraction of sp³-hybridized carbons (Fsp3) is 0.722. The molecule has 3 heteroatoms. The van der Waals surface area contributed by atoms with Gasteiger partial charge in [-0.3, -0.25) is 0 Å². The van der Waals surface area contributed by atoms with Crippen LogP contribution in [0.3, 0.4) is 0 Å². The fourth-order valence-corrected chi connectivity index (χ4v) is 5.42. The van der Waals surface area contributed by atoms with E-state index in [9.17, 15) is 4.79 Å². The Morgan fingerprint density at radius 2 is 2.19 bits per heavy atom. The number of hydrogen-bond donors (Lipinski definition) is 0. The first-order valence-electron chi connectivity index (χ1n) is 8.28. The molecule has 21 heavy (non-hydrogen) atoms. The lowest BCUT2D eigenvalue weighted by molar-refractivity contribution is -0.186. The third-order valence-corrected chi connectivity index (χ3v) is 6.04. The molecule has 3 saturated carbocycles. The largest absolute Gasteiger partial charge is 0.433 e. The van der Waals surface area contributed by atoms with Crippen molar-refractivity contribution in [3.63, 3.8) is 0 Å². The maximum atomic E-state index is 11.6. The SMILES string of the molecule is C=C(C)C(=O)OC(C)OC1CC2CC1C1C2=C2CCC1C2. The normalized spacial score (nSPS) is 40.6. The summed E-state index contributed by atoms with van der Waals surface area (Å²) >= 11 is 0. The molecule has 0 heterocycles. The average Bonchev–Trinajstić information content (AvgIpc) is 3.16. The summed E-state index contributed by atoms with van der Waals surface area (Å²) in [6.07, 6.45) is 6.34. The molecule has 114 valence electrons. The molecule has 4 aliphatic rings. The van der Waals surface area contributed by atoms with E-state index in [4.69, 9.17) is 9.47 Å². The first-order valence-corrected chi connectivity index (χ1v) is 8.28. The zero-order valence-electron chi connectivity index (χ0n) is 12.9. The van der Waals surface area contributed by atoms with Gasteiger partial charge >= 0.3 is 5.97 Å². The Hall–Kier alpha value is -1.09. The Bertz CT molecular complexity index is 533. The van der Waals surface area contributed by atoms with Crippen LogP contribution in [0, 0.1) is 23.7 Å². The van der Waals surface area contributed by atoms with Gasteiger partial charge in [0.05, 0.1) is 6.10 Å². The van der Waals surface area contributed by atoms with E-state index in [1.165, 1.54) is 25.7 Å². The molecular formula is C18H24O3. The van der Waals surface area contributed by atoms with Crippen LogP contribution in [0.25, 0.3) is 0 Å². The Morgan fingerprint density at radius 1 is 1.38 bits per heavy atom. The zero-order chi connectivity index (χ0) is 14.7. The molecular weight excluding hydrogens is 264 g/mol. The summed E-state index contributed by atoms with van der Waals surface area (Å²) in [7, 11) is 0. The van der Waals surface area contributed by atoms with Crippen LogP contribution in [0.2, 0.25) is 0 Å². The predicted molar refractivity (Wildman–Crippen MR) is 79.3 cm³/mol. The van der Waals surface area contributed by atoms with Gasteiger partial charge in [0.2, 0.25) is 6.29 Å². The molecule has 4 rings (SSSR count). The van der Waals surface area contributed by atoms with Crippen molar-refractivity contribution >= 4 is 5.97 Å². The highest BCUT2D eigenvalue weighted by atomic mass is 16.7. The number of carbonyl (C=O) groups is 1. The highest BCUT2D eigenvalue weighted by Gasteiger charge is 2.57. The van der Waals surface area contributed by atoms with Gasteiger partial charge in [0, 0.05) is 5.57 Å². The Labute approximate surface area is 126 Å². The maximum Gasteiger partial charge on any atom is 0.335 e. The second-order valence-electron chi connectivity index (χ2n) is 7.35. The zero-order valence-corrected chi connectivity index (χ0v) is 12.9. The molecule has 0 aromatic carbocycles. The van der Waals surface area contributed by atoms with Crippen LogP contribution in [0.4, 0.5) is 0 Å². The van der Waals surface area contributed by atoms with Crippen molar-refractivity contribution in [2.45, 2.75) is 58.3 Å². The van der Waals surface area contributed by atoms with Gasteiger partial charge in [0.15, 0.2) is 0 Å². The minimum absolute atomic E-state index is 0.275. The molecule has 0 amide bonds. The summed E-state index contributed by atoms with van der Waals surface area (Å²) in [5, 5.41) is 0. The lowest BCUT2D eigenvalue weighted by Gasteiger charge is -2.35. The lowest BCUT2D eigenvalue weighted by Crippen LogP contribution is -2.35. The van der Waals surface area contributed by atoms with Gasteiger partial charge in [-0.2, -0.15) is 0 Å². The van der Waals surface area contributed by atoms with Crippen LogP contribution in [0.5, 0.6) is 0 Å². The summed E-state index contributed by atoms with van der Waals surface area (Å²) < 4.78 is 11.4. The second kappa shape index (κ2) is 4.70. The lowest BCUT2D eigenvalue weighted by atomic mass is 9.75. The first kappa shape index (κ1) is 13.6. The van der Waals surface area contributed by atoms with Gasteiger partial charge in [-0.1, -0.05) is 17.7 Å². The van der Waals surface area contributed by atoms with Crippen molar-refractivity contribution in [3.05, 3.63) is 23.3 Å². The van der Waals surface area contributed by atoms with Crippen molar-refractivity contribution < 1.29 is 14.3 Å². The molecule has 0 aliphatic heterocycles. The van der Waals surface area contributed by atoms with Crippen LogP contribution in [0.15, 0.2) is 23.3 Å². The number of carbonyl (C=O) groups excluding carboxylic acids is 1. The average molecular weight is 288 g/mol. The smallest absolute Gasteiger partial charge is 0.335 e. The van der Waals surface area contributed by atoms with Crippen LogP contribution in [0.1, 0.15) is 46.0 Å². The third-order valence-electron chi connectivity index (χ3n) is 6.04. The van der Waals surface area contributed by atoms with Crippen LogP contribution >= 0.6 is 0 Å². The Balaban J connectivity index is 1.41. The molecule has 3 fully saturated rings. The topological polar surface area (TPSA) is 35.5 Å². The number of fused-ring (bicyclic) bond motifs is 8. The molecule has 0 aromatic rings. The highest BCUT2D eigenvalue weighted by Crippen LogP contribution is 2.64. The second-order valence-corrected chi connectivity index (χ2v) is 7.35. The molecule has 0 aromatic heterocycles. The predicted octanol–water partition coefficient (Wildman–Crippen LogP) is 3.60. The van der Waals surface area contributed by atoms with Gasteiger partial charge in [-0.25, -0.2) is 4.79 Å². The minimum Gasteiger partial charge on any atom is -0.433 e. The summed E-state index contributed by atoms with van der Waals surface area (Å²) in [5.41, 5.74) is 4.04. The first-order chi connectivity index (χ1) is 10.0. The summed E-state index contributed by atoms with van der Waals surface area (Å²) in [6, 6.07) is 0. The maximum absolute atomic E-state index is 11.6. The molecule has 3 nitrogen and oxygen atoms in total. The Kier molecular flexibility index (Phi) is 3.04. The number of rotatable bonds is 4. The van der Waals surface area contributed by atoms with Gasteiger partial charge in [-0.15, -0.1) is 0 Å². The van der Waals surface area contributed by atoms with Crippen molar-refractivity contribution in [2.24, 2.45) is 23.7 Å². The molecule has 4 bridgehead atoms. The van der Waals surface area contributed by atoms with Crippen LogP contribution in [-0.2, 0) is 14.3 Å². The van der Waals surface area contributed by atoms with E-state index in [0.717, 1.165) is 24.2 Å². The quantitative estimate of drug-likeness (QED) is 0.343. The summed E-state index contributed by atoms with van der Waals surface area (Å²) in [6.45, 7) is 7.10. The monoisotopic (exact) mass is 288 g/mol. The van der Waals surface area contributed by atoms with Crippen molar-refractivity contribution in [1.82, 2.24) is 0 Å². The van der Waals surface area contributed by atoms with Gasteiger partial charge < -0.3 is 9.47 Å². The summed E-state index contributed by atoms with van der Waals surface area (Å²) in [4.78, 5) is 11.6. The standard InChI is InChI=1S/C18H24O3/c1-9(2)18(19)21-10(3)20-15-8-13-7-14(15)17-12-5-4-11(6-12)16(13)17/h10,12-15,17H,1,4-8H2,2-3H3. The molecule has 0 N–H and O–H groups in total. The van der Waals surface area contributed by atoms with Crippen molar-refractivity contribution in [2.75, 3.05) is 0 Å². The number of esters is 1. The number of hydrogen-bond acceptors (Lipinski definition) is 3. The van der Waals surface area contributed by atoms with Crippen LogP contribution < -0.4 is 0 Å². The van der Waals surface area contributed by atoms with Gasteiger partial charge in [0.25, 0.3) is 0 Å². The Morgan fingerprint density at radius 3 is 2.95 bits per heavy atom. The molecule has 6 atom stereocenters. The van der Waals surface area contributed by atoms with Crippen molar-refractivity contribution in [3.8, 4) is 0 Å². The van der Waals surface area contributed by atoms with E-state index < -0.39 is 6.29 Å². The van der Waals surface area contributed by atoms with Gasteiger partial charge in [-0.05, 0) is 69.6 Å². The molecule has 4 aliphatic carbocycles. The fourth-order valence-electron chi connectivity index (χ4n) is 5.42. The van der Waals surface area contributed by atoms with E-state index in [0.29, 0.717) is 11.5 Å². The molecule has 0 radical (unpaired) electrons. The summed E-state index contributed by atoms with van der Waals surface area (Å²) in [5.74, 6) is 2.76. The van der Waals surface area contributed by atoms with E-state index in [-0.39, 0.29) is 12.1 Å². The third kappa shape index (κ3) is 2.01. The van der Waals surface area contributed by atoms with E-state index in [1.54, 1.807) is 12.5 Å². The number of ether oxygens (including phenoxy) is 2. The van der Waals surface area contributed by atoms with Gasteiger partial charge in [0.1, 0.15) is 0 Å².